The second-order valence-electron chi connectivity index (χ2n) is 7.80. The van der Waals surface area contributed by atoms with Crippen molar-refractivity contribution in [2.45, 2.75) is 6.54 Å². The first-order valence-corrected chi connectivity index (χ1v) is 11.0. The van der Waals surface area contributed by atoms with Gasteiger partial charge < -0.3 is 29.6 Å². The molecule has 0 bridgehead atoms. The number of hydrogen-bond donors (Lipinski definition) is 3. The molecule has 3 N–H and O–H groups in total. The number of hydrogen-bond acceptors (Lipinski definition) is 7. The molecule has 3 aromatic carbocycles. The van der Waals surface area contributed by atoms with Gasteiger partial charge in [0.05, 0.1) is 32.4 Å². The summed E-state index contributed by atoms with van der Waals surface area (Å²) in [5.74, 6) is 1.48. The van der Waals surface area contributed by atoms with Gasteiger partial charge in [0.25, 0.3) is 11.5 Å². The monoisotopic (exact) mass is 487 g/mol. The zero-order chi connectivity index (χ0) is 25.7. The Morgan fingerprint density at radius 3 is 2.33 bits per heavy atom. The molecule has 4 rings (SSSR count). The number of aliphatic hydroxyl groups is 1. The van der Waals surface area contributed by atoms with E-state index in [0.717, 1.165) is 5.56 Å². The number of aromatic nitrogens is 2. The summed E-state index contributed by atoms with van der Waals surface area (Å²) >= 11 is 0. The third kappa shape index (κ3) is 5.30. The Kier molecular flexibility index (Phi) is 7.20. The quantitative estimate of drug-likeness (QED) is 0.322. The Morgan fingerprint density at radius 1 is 0.944 bits per heavy atom. The third-order valence-electron chi connectivity index (χ3n) is 5.57. The van der Waals surface area contributed by atoms with Gasteiger partial charge in [-0.1, -0.05) is 0 Å². The Bertz CT molecular complexity index is 1490. The van der Waals surface area contributed by atoms with Crippen LogP contribution in [-0.2, 0) is 6.54 Å². The van der Waals surface area contributed by atoms with E-state index in [-0.39, 0.29) is 23.9 Å². The maximum atomic E-state index is 12.8. The second-order valence-corrected chi connectivity index (χ2v) is 7.80. The SMILES string of the molecule is COc1ccc(C(O)=Cc2nc3ccc(C(=O)NCc4cc(OC)ccc4OC)cc3[nH]c2=O)cc1. The van der Waals surface area contributed by atoms with Crippen LogP contribution in [0.1, 0.15) is 27.2 Å². The van der Waals surface area contributed by atoms with Crippen LogP contribution in [0.5, 0.6) is 17.2 Å². The lowest BCUT2D eigenvalue weighted by Gasteiger charge is -2.12. The van der Waals surface area contributed by atoms with Gasteiger partial charge in [-0.3, -0.25) is 9.59 Å². The molecule has 1 heterocycles. The van der Waals surface area contributed by atoms with E-state index in [2.05, 4.69) is 15.3 Å². The number of nitrogens with zero attached hydrogens (tertiary/aromatic N) is 1. The Labute approximate surface area is 207 Å². The van der Waals surface area contributed by atoms with Gasteiger partial charge in [-0.2, -0.15) is 0 Å². The highest BCUT2D eigenvalue weighted by Gasteiger charge is 2.12. The molecule has 36 heavy (non-hydrogen) atoms. The van der Waals surface area contributed by atoms with Crippen molar-refractivity contribution >= 4 is 28.8 Å². The molecule has 4 aromatic rings. The fourth-order valence-electron chi connectivity index (χ4n) is 3.61. The highest BCUT2D eigenvalue weighted by molar-refractivity contribution is 5.97. The first kappa shape index (κ1) is 24.3. The van der Waals surface area contributed by atoms with Crippen molar-refractivity contribution < 1.29 is 24.1 Å². The number of carbonyl (C=O) groups is 1. The molecule has 0 unspecified atom stereocenters. The van der Waals surface area contributed by atoms with Crippen molar-refractivity contribution in [2.24, 2.45) is 0 Å². The van der Waals surface area contributed by atoms with Crippen LogP contribution in [0.15, 0.2) is 65.5 Å². The number of aliphatic hydroxyl groups excluding tert-OH is 1. The van der Waals surface area contributed by atoms with Crippen molar-refractivity contribution in [3.05, 3.63) is 93.4 Å². The average Bonchev–Trinajstić information content (AvgIpc) is 2.91. The fourth-order valence-corrected chi connectivity index (χ4v) is 3.61. The van der Waals surface area contributed by atoms with Gasteiger partial charge in [-0.05, 0) is 60.7 Å². The molecule has 0 atom stereocenters. The van der Waals surface area contributed by atoms with E-state index in [0.29, 0.717) is 39.4 Å². The molecular weight excluding hydrogens is 462 g/mol. The van der Waals surface area contributed by atoms with Gasteiger partial charge in [0.15, 0.2) is 0 Å². The molecule has 1 aromatic heterocycles. The lowest BCUT2D eigenvalue weighted by Crippen LogP contribution is -2.23. The summed E-state index contributed by atoms with van der Waals surface area (Å²) in [4.78, 5) is 32.4. The molecule has 0 aliphatic rings. The van der Waals surface area contributed by atoms with E-state index in [4.69, 9.17) is 14.2 Å². The minimum Gasteiger partial charge on any atom is -0.507 e. The highest BCUT2D eigenvalue weighted by Crippen LogP contribution is 2.24. The fraction of sp³-hybridized carbons (Fsp3) is 0.148. The number of nitrogens with one attached hydrogen (secondary N) is 2. The first-order valence-electron chi connectivity index (χ1n) is 11.0. The van der Waals surface area contributed by atoms with Crippen LogP contribution in [0.3, 0.4) is 0 Å². The van der Waals surface area contributed by atoms with Crippen molar-refractivity contribution in [1.29, 1.82) is 0 Å². The Hall–Kier alpha value is -4.79. The average molecular weight is 488 g/mol. The van der Waals surface area contributed by atoms with Gasteiger partial charge in [0.2, 0.25) is 0 Å². The summed E-state index contributed by atoms with van der Waals surface area (Å²) in [6, 6.07) is 16.9. The maximum Gasteiger partial charge on any atom is 0.274 e. The van der Waals surface area contributed by atoms with Crippen LogP contribution in [0.25, 0.3) is 22.9 Å². The summed E-state index contributed by atoms with van der Waals surface area (Å²) < 4.78 is 15.7. The number of benzene rings is 3. The van der Waals surface area contributed by atoms with Gasteiger partial charge >= 0.3 is 0 Å². The first-order chi connectivity index (χ1) is 17.4. The van der Waals surface area contributed by atoms with E-state index in [1.165, 1.54) is 6.08 Å². The zero-order valence-electron chi connectivity index (χ0n) is 20.0. The van der Waals surface area contributed by atoms with E-state index in [1.807, 2.05) is 0 Å². The summed E-state index contributed by atoms with van der Waals surface area (Å²) in [5.41, 5.74) is 2.03. The second kappa shape index (κ2) is 10.6. The summed E-state index contributed by atoms with van der Waals surface area (Å²) in [7, 11) is 4.67. The summed E-state index contributed by atoms with van der Waals surface area (Å²) in [6.07, 6.45) is 1.29. The maximum absolute atomic E-state index is 12.8. The molecule has 0 aliphatic carbocycles. The molecule has 184 valence electrons. The topological polar surface area (TPSA) is 123 Å². The van der Waals surface area contributed by atoms with E-state index >= 15 is 0 Å². The number of H-pyrrole nitrogens is 1. The lowest BCUT2D eigenvalue weighted by atomic mass is 10.1. The van der Waals surface area contributed by atoms with Crippen molar-refractivity contribution in [3.8, 4) is 17.2 Å². The zero-order valence-corrected chi connectivity index (χ0v) is 20.0. The standard InChI is InChI=1S/C27H25N3O6/c1-34-19-7-4-16(5-8-19)24(31)14-23-27(33)30-22-13-17(6-10-21(22)29-23)26(32)28-15-18-12-20(35-2)9-11-25(18)36-3/h4-14,31H,15H2,1-3H3,(H,28,32)(H,30,33). The molecule has 1 amide bonds. The minimum atomic E-state index is -0.499. The van der Waals surface area contributed by atoms with E-state index in [1.54, 1.807) is 82.0 Å². The Balaban J connectivity index is 1.54. The molecule has 9 nitrogen and oxygen atoms in total. The van der Waals surface area contributed by atoms with Crippen molar-refractivity contribution in [2.75, 3.05) is 21.3 Å². The number of aromatic amines is 1. The number of amides is 1. The largest absolute Gasteiger partial charge is 0.507 e. The summed E-state index contributed by atoms with van der Waals surface area (Å²) in [6.45, 7) is 0.223. The number of carbonyl (C=O) groups excluding carboxylic acids is 1. The van der Waals surface area contributed by atoms with Crippen LogP contribution in [0.4, 0.5) is 0 Å². The van der Waals surface area contributed by atoms with Crippen LogP contribution in [0.2, 0.25) is 0 Å². The van der Waals surface area contributed by atoms with Gasteiger partial charge in [0.1, 0.15) is 28.7 Å². The predicted octanol–water partition coefficient (Wildman–Crippen LogP) is 3.94. The molecule has 0 saturated carbocycles. The van der Waals surface area contributed by atoms with E-state index in [9.17, 15) is 14.7 Å². The van der Waals surface area contributed by atoms with Crippen LogP contribution in [0, 0.1) is 0 Å². The molecule has 9 heteroatoms. The molecule has 0 fully saturated rings. The molecule has 0 saturated heterocycles. The molecule has 0 radical (unpaired) electrons. The molecule has 0 aliphatic heterocycles. The molecule has 0 spiro atoms. The van der Waals surface area contributed by atoms with Crippen LogP contribution < -0.4 is 25.1 Å². The minimum absolute atomic E-state index is 0.0399. The lowest BCUT2D eigenvalue weighted by molar-refractivity contribution is 0.0950. The predicted molar refractivity (Wildman–Crippen MR) is 137 cm³/mol. The summed E-state index contributed by atoms with van der Waals surface area (Å²) in [5, 5.41) is 13.3. The number of fused-ring (bicyclic) bond motifs is 1. The van der Waals surface area contributed by atoms with Crippen LogP contribution in [-0.4, -0.2) is 42.3 Å². The number of ether oxygens (including phenoxy) is 3. The Morgan fingerprint density at radius 2 is 1.64 bits per heavy atom. The normalized spacial score (nSPS) is 11.2. The third-order valence-corrected chi connectivity index (χ3v) is 5.57. The van der Waals surface area contributed by atoms with Crippen molar-refractivity contribution in [3.63, 3.8) is 0 Å². The van der Waals surface area contributed by atoms with Gasteiger partial charge in [-0.25, -0.2) is 4.98 Å². The van der Waals surface area contributed by atoms with Crippen LogP contribution >= 0.6 is 0 Å². The highest BCUT2D eigenvalue weighted by atomic mass is 16.5. The van der Waals surface area contributed by atoms with Gasteiger partial charge in [-0.15, -0.1) is 0 Å². The number of rotatable bonds is 8. The van der Waals surface area contributed by atoms with E-state index < -0.39 is 5.56 Å². The van der Waals surface area contributed by atoms with Crippen molar-refractivity contribution in [1.82, 2.24) is 15.3 Å². The number of methoxy groups -OCH3 is 3. The smallest absolute Gasteiger partial charge is 0.274 e. The molecular formula is C27H25N3O6. The van der Waals surface area contributed by atoms with Gasteiger partial charge in [0, 0.05) is 29.3 Å².